The normalized spacial score (nSPS) is 50.8. The van der Waals surface area contributed by atoms with Crippen molar-refractivity contribution in [1.29, 1.82) is 0 Å². The highest BCUT2D eigenvalue weighted by Gasteiger charge is 2.70. The molecule has 3 aliphatic rings. The van der Waals surface area contributed by atoms with Gasteiger partial charge in [0.15, 0.2) is 0 Å². The molecule has 4 unspecified atom stereocenters. The van der Waals surface area contributed by atoms with E-state index in [1.807, 2.05) is 6.92 Å². The van der Waals surface area contributed by atoms with Crippen LogP contribution in [0.3, 0.4) is 0 Å². The number of fused-ring (bicyclic) bond motifs is 5. The second-order valence-corrected chi connectivity index (χ2v) is 6.64. The minimum Gasteiger partial charge on any atom is -0.404 e. The molecule has 1 aliphatic heterocycles. The van der Waals surface area contributed by atoms with Crippen molar-refractivity contribution in [2.45, 2.75) is 58.2 Å². The number of nitrogens with two attached hydrogens (primary N) is 1. The maximum Gasteiger partial charge on any atom is 0.475 e. The Balaban J connectivity index is 1.92. The first-order valence-corrected chi connectivity index (χ1v) is 6.46. The lowest BCUT2D eigenvalue weighted by Crippen LogP contribution is -2.44. The molecule has 3 nitrogen and oxygen atoms in total. The van der Waals surface area contributed by atoms with Crippen molar-refractivity contribution in [1.82, 2.24) is 0 Å². The average Bonchev–Trinajstić information content (AvgIpc) is 2.70. The van der Waals surface area contributed by atoms with Gasteiger partial charge in [-0.25, -0.2) is 0 Å². The summed E-state index contributed by atoms with van der Waals surface area (Å²) in [6, 6.07) is 0. The fourth-order valence-corrected chi connectivity index (χ4v) is 4.55. The largest absolute Gasteiger partial charge is 0.475 e. The van der Waals surface area contributed by atoms with Crippen LogP contribution < -0.4 is 5.73 Å². The van der Waals surface area contributed by atoms with Crippen LogP contribution in [0.2, 0.25) is 0 Å². The maximum atomic E-state index is 6.16. The van der Waals surface area contributed by atoms with Crippen LogP contribution in [0.25, 0.3) is 0 Å². The molecule has 0 aromatic rings. The predicted molar refractivity (Wildman–Crippen MR) is 63.8 cm³/mol. The second kappa shape index (κ2) is 3.03. The van der Waals surface area contributed by atoms with Crippen molar-refractivity contribution in [2.75, 3.05) is 0 Å². The molecule has 0 amide bonds. The monoisotopic (exact) mass is 223 g/mol. The Kier molecular flexibility index (Phi) is 2.10. The molecule has 2 N–H and O–H groups in total. The molecule has 2 saturated carbocycles. The minimum atomic E-state index is -0.200. The van der Waals surface area contributed by atoms with Crippen LogP contribution in [-0.4, -0.2) is 24.8 Å². The summed E-state index contributed by atoms with van der Waals surface area (Å²) in [6.45, 7) is 8.92. The molecule has 0 aromatic heterocycles. The highest BCUT2D eigenvalue weighted by molar-refractivity contribution is 6.47. The Morgan fingerprint density at radius 2 is 2.00 bits per heavy atom. The maximum absolute atomic E-state index is 6.16. The average molecular weight is 223 g/mol. The highest BCUT2D eigenvalue weighted by atomic mass is 16.7. The lowest BCUT2D eigenvalue weighted by molar-refractivity contribution is 0.00306. The van der Waals surface area contributed by atoms with Crippen molar-refractivity contribution in [3.8, 4) is 0 Å². The van der Waals surface area contributed by atoms with Crippen LogP contribution >= 0.6 is 0 Å². The molecule has 0 radical (unpaired) electrons. The molecule has 1 heterocycles. The van der Waals surface area contributed by atoms with Gasteiger partial charge >= 0.3 is 7.12 Å². The van der Waals surface area contributed by atoms with E-state index in [0.29, 0.717) is 17.3 Å². The summed E-state index contributed by atoms with van der Waals surface area (Å²) in [7, 11) is -0.200. The van der Waals surface area contributed by atoms with E-state index in [9.17, 15) is 0 Å². The smallest absolute Gasteiger partial charge is 0.404 e. The molecule has 1 saturated heterocycles. The fourth-order valence-electron chi connectivity index (χ4n) is 4.55. The van der Waals surface area contributed by atoms with Crippen LogP contribution in [0.1, 0.15) is 40.5 Å². The van der Waals surface area contributed by atoms with E-state index in [4.69, 9.17) is 15.0 Å². The third-order valence-electron chi connectivity index (χ3n) is 5.32. The number of hydrogen-bond donors (Lipinski definition) is 1. The second-order valence-electron chi connectivity index (χ2n) is 6.64. The molecule has 5 atom stereocenters. The van der Waals surface area contributed by atoms with E-state index in [0.717, 1.165) is 0 Å². The summed E-state index contributed by atoms with van der Waals surface area (Å²) in [5.74, 6) is 1.23. The molecule has 3 fully saturated rings. The lowest BCUT2D eigenvalue weighted by atomic mass is 9.76. The van der Waals surface area contributed by atoms with Crippen molar-refractivity contribution in [3.63, 3.8) is 0 Å². The molecule has 0 spiro atoms. The van der Waals surface area contributed by atoms with Gasteiger partial charge in [-0.15, -0.1) is 0 Å². The Labute approximate surface area is 98.2 Å². The highest BCUT2D eigenvalue weighted by Crippen LogP contribution is 2.65. The topological polar surface area (TPSA) is 44.5 Å². The van der Waals surface area contributed by atoms with Gasteiger partial charge in [-0.2, -0.15) is 0 Å². The van der Waals surface area contributed by atoms with Gasteiger partial charge in [0.25, 0.3) is 0 Å². The van der Waals surface area contributed by atoms with Crippen molar-refractivity contribution < 1.29 is 9.31 Å². The molecule has 2 aliphatic carbocycles. The van der Waals surface area contributed by atoms with E-state index >= 15 is 0 Å². The molecule has 4 heteroatoms. The summed E-state index contributed by atoms with van der Waals surface area (Å²) in [5, 5.41) is 0. The van der Waals surface area contributed by atoms with Crippen LogP contribution in [0.15, 0.2) is 0 Å². The quantitative estimate of drug-likeness (QED) is 0.686. The Bertz CT molecular complexity index is 320. The summed E-state index contributed by atoms with van der Waals surface area (Å²) < 4.78 is 12.2. The molecular weight excluding hydrogens is 201 g/mol. The Hall–Kier alpha value is -0.0551. The van der Waals surface area contributed by atoms with Gasteiger partial charge in [0.1, 0.15) is 0 Å². The van der Waals surface area contributed by atoms with Crippen molar-refractivity contribution in [2.24, 2.45) is 23.0 Å². The van der Waals surface area contributed by atoms with Gasteiger partial charge in [0, 0.05) is 5.94 Å². The standard InChI is InChI=1S/C12H22BNO2/c1-7(14)13-15-10-8-5-6-9(11(8,2)3)12(10,4)16-13/h7-10H,5-6,14H2,1-4H3/t7-,8?,9?,10?,12?/m0/s1. The number of rotatable bonds is 1. The summed E-state index contributed by atoms with van der Waals surface area (Å²) in [5.41, 5.74) is 6.16. The van der Waals surface area contributed by atoms with Crippen LogP contribution in [0.5, 0.6) is 0 Å². The van der Waals surface area contributed by atoms with Crippen LogP contribution in [0, 0.1) is 17.3 Å². The van der Waals surface area contributed by atoms with Gasteiger partial charge in [0.2, 0.25) is 0 Å². The zero-order valence-corrected chi connectivity index (χ0v) is 10.7. The van der Waals surface area contributed by atoms with Gasteiger partial charge in [-0.1, -0.05) is 20.8 Å². The molecule has 90 valence electrons. The van der Waals surface area contributed by atoms with Crippen LogP contribution in [-0.2, 0) is 9.31 Å². The fraction of sp³-hybridized carbons (Fsp3) is 1.00. The third-order valence-corrected chi connectivity index (χ3v) is 5.32. The first-order chi connectivity index (χ1) is 7.37. The van der Waals surface area contributed by atoms with E-state index < -0.39 is 0 Å². The lowest BCUT2D eigenvalue weighted by Gasteiger charge is -2.35. The minimum absolute atomic E-state index is 0.0371. The molecule has 0 aromatic carbocycles. The Morgan fingerprint density at radius 3 is 2.56 bits per heavy atom. The van der Waals surface area contributed by atoms with E-state index in [1.54, 1.807) is 0 Å². The summed E-state index contributed by atoms with van der Waals surface area (Å²) >= 11 is 0. The van der Waals surface area contributed by atoms with E-state index in [-0.39, 0.29) is 24.8 Å². The number of hydrogen-bond acceptors (Lipinski definition) is 3. The first kappa shape index (κ1) is 11.1. The van der Waals surface area contributed by atoms with Crippen molar-refractivity contribution in [3.05, 3.63) is 0 Å². The van der Waals surface area contributed by atoms with Crippen LogP contribution in [0.4, 0.5) is 0 Å². The zero-order valence-electron chi connectivity index (χ0n) is 10.7. The Morgan fingerprint density at radius 1 is 1.31 bits per heavy atom. The predicted octanol–water partition coefficient (Wildman–Crippen LogP) is 1.60. The summed E-state index contributed by atoms with van der Waals surface area (Å²) in [4.78, 5) is 0. The molecule has 2 bridgehead atoms. The molecule has 16 heavy (non-hydrogen) atoms. The third kappa shape index (κ3) is 1.11. The molecular formula is C12H22BNO2. The molecule has 3 rings (SSSR count). The van der Waals surface area contributed by atoms with Gasteiger partial charge in [0.05, 0.1) is 11.7 Å². The zero-order chi connectivity index (χ0) is 11.7. The van der Waals surface area contributed by atoms with E-state index in [2.05, 4.69) is 20.8 Å². The van der Waals surface area contributed by atoms with Gasteiger partial charge in [-0.3, -0.25) is 0 Å². The summed E-state index contributed by atoms with van der Waals surface area (Å²) in [6.07, 6.45) is 2.82. The SMILES string of the molecule is C[C@H](N)B1OC2C3CCC(C3(C)C)C2(C)O1. The van der Waals surface area contributed by atoms with Gasteiger partial charge in [-0.05, 0) is 37.0 Å². The van der Waals surface area contributed by atoms with E-state index in [1.165, 1.54) is 12.8 Å². The van der Waals surface area contributed by atoms with Gasteiger partial charge < -0.3 is 15.0 Å². The first-order valence-electron chi connectivity index (χ1n) is 6.46. The van der Waals surface area contributed by atoms with Crippen molar-refractivity contribution >= 4 is 7.12 Å².